The Morgan fingerprint density at radius 1 is 1.05 bits per heavy atom. The third-order valence-electron chi connectivity index (χ3n) is 2.25. The standard InChI is InChI=1S/C12H5Cl2F3N2O/c13-5-1-6(14)3-7(2-5)18-12(20)8-4-9(15)19-11(17)10(8)16/h1-4H,(H,18,20). The van der Waals surface area contributed by atoms with Gasteiger partial charge >= 0.3 is 0 Å². The fourth-order valence-corrected chi connectivity index (χ4v) is 1.98. The molecule has 104 valence electrons. The molecular formula is C12H5Cl2F3N2O. The van der Waals surface area contributed by atoms with Gasteiger partial charge in [-0.15, -0.1) is 0 Å². The number of pyridine rings is 1. The van der Waals surface area contributed by atoms with Crippen LogP contribution in [0.5, 0.6) is 0 Å². The van der Waals surface area contributed by atoms with Crippen molar-refractivity contribution in [1.29, 1.82) is 0 Å². The summed E-state index contributed by atoms with van der Waals surface area (Å²) in [7, 11) is 0. The Labute approximate surface area is 121 Å². The Kier molecular flexibility index (Phi) is 4.15. The second-order valence-corrected chi connectivity index (χ2v) is 4.58. The number of carbonyl (C=O) groups is 1. The molecule has 0 radical (unpaired) electrons. The summed E-state index contributed by atoms with van der Waals surface area (Å²) in [4.78, 5) is 14.4. The maximum absolute atomic E-state index is 13.4. The number of hydrogen-bond acceptors (Lipinski definition) is 2. The summed E-state index contributed by atoms with van der Waals surface area (Å²) in [6.45, 7) is 0. The molecule has 8 heteroatoms. The quantitative estimate of drug-likeness (QED) is 0.848. The lowest BCUT2D eigenvalue weighted by Crippen LogP contribution is -2.16. The SMILES string of the molecule is O=C(Nc1cc(Cl)cc(Cl)c1)c1cc(F)nc(F)c1F. The number of anilines is 1. The Hall–Kier alpha value is -1.79. The first-order valence-corrected chi connectivity index (χ1v) is 5.91. The topological polar surface area (TPSA) is 42.0 Å². The van der Waals surface area contributed by atoms with Gasteiger partial charge in [-0.2, -0.15) is 13.8 Å². The number of aromatic nitrogens is 1. The number of nitrogens with zero attached hydrogens (tertiary/aromatic N) is 1. The van der Waals surface area contributed by atoms with Crippen molar-refractivity contribution >= 4 is 34.8 Å². The summed E-state index contributed by atoms with van der Waals surface area (Å²) in [5.74, 6) is -5.60. The number of amides is 1. The van der Waals surface area contributed by atoms with E-state index in [2.05, 4.69) is 10.3 Å². The highest BCUT2D eigenvalue weighted by atomic mass is 35.5. The fourth-order valence-electron chi connectivity index (χ4n) is 1.46. The molecule has 0 fully saturated rings. The summed E-state index contributed by atoms with van der Waals surface area (Å²) in [5, 5.41) is 2.70. The van der Waals surface area contributed by atoms with Crippen LogP contribution in [0.15, 0.2) is 24.3 Å². The monoisotopic (exact) mass is 320 g/mol. The van der Waals surface area contributed by atoms with Gasteiger partial charge in [-0.25, -0.2) is 4.39 Å². The molecular weight excluding hydrogens is 316 g/mol. The van der Waals surface area contributed by atoms with Crippen LogP contribution >= 0.6 is 23.2 Å². The highest BCUT2D eigenvalue weighted by Gasteiger charge is 2.19. The van der Waals surface area contributed by atoms with Crippen molar-refractivity contribution in [2.75, 3.05) is 5.32 Å². The van der Waals surface area contributed by atoms with Gasteiger partial charge in [0.25, 0.3) is 11.9 Å². The molecule has 2 rings (SSSR count). The molecule has 0 aliphatic carbocycles. The molecule has 0 aliphatic heterocycles. The highest BCUT2D eigenvalue weighted by Crippen LogP contribution is 2.23. The predicted octanol–water partition coefficient (Wildman–Crippen LogP) is 4.06. The van der Waals surface area contributed by atoms with E-state index in [-0.39, 0.29) is 15.7 Å². The van der Waals surface area contributed by atoms with E-state index in [1.807, 2.05) is 0 Å². The van der Waals surface area contributed by atoms with Gasteiger partial charge in [0.1, 0.15) is 0 Å². The average molecular weight is 321 g/mol. The predicted molar refractivity (Wildman–Crippen MR) is 68.5 cm³/mol. The zero-order chi connectivity index (χ0) is 14.9. The van der Waals surface area contributed by atoms with Gasteiger partial charge in [0.05, 0.1) is 5.56 Å². The molecule has 0 aliphatic rings. The van der Waals surface area contributed by atoms with Crippen molar-refractivity contribution in [2.45, 2.75) is 0 Å². The summed E-state index contributed by atoms with van der Waals surface area (Å²) in [6, 6.07) is 4.60. The first-order valence-electron chi connectivity index (χ1n) is 5.16. The number of halogens is 5. The van der Waals surface area contributed by atoms with E-state index >= 15 is 0 Å². The van der Waals surface area contributed by atoms with Gasteiger partial charge in [-0.3, -0.25) is 4.79 Å². The maximum atomic E-state index is 13.4. The van der Waals surface area contributed by atoms with Crippen molar-refractivity contribution in [3.63, 3.8) is 0 Å². The molecule has 1 N–H and O–H groups in total. The summed E-state index contributed by atoms with van der Waals surface area (Å²) < 4.78 is 39.2. The Bertz CT molecular complexity index is 674. The van der Waals surface area contributed by atoms with E-state index in [0.717, 1.165) is 0 Å². The van der Waals surface area contributed by atoms with Gasteiger partial charge in [0, 0.05) is 21.8 Å². The van der Waals surface area contributed by atoms with Crippen LogP contribution in [0.2, 0.25) is 10.0 Å². The third kappa shape index (κ3) is 3.20. The van der Waals surface area contributed by atoms with Crippen LogP contribution in [-0.4, -0.2) is 10.9 Å². The van der Waals surface area contributed by atoms with E-state index in [0.29, 0.717) is 6.07 Å². The van der Waals surface area contributed by atoms with Crippen molar-refractivity contribution in [3.8, 4) is 0 Å². The second kappa shape index (κ2) is 5.68. The number of nitrogens with one attached hydrogen (secondary N) is 1. The van der Waals surface area contributed by atoms with E-state index in [1.165, 1.54) is 18.2 Å². The first kappa shape index (κ1) is 14.6. The van der Waals surface area contributed by atoms with E-state index < -0.39 is 29.2 Å². The van der Waals surface area contributed by atoms with Crippen LogP contribution in [0.3, 0.4) is 0 Å². The fraction of sp³-hybridized carbons (Fsp3) is 0. The number of hydrogen-bond donors (Lipinski definition) is 1. The molecule has 0 spiro atoms. The second-order valence-electron chi connectivity index (χ2n) is 3.71. The van der Waals surface area contributed by atoms with Crippen LogP contribution in [0.25, 0.3) is 0 Å². The molecule has 1 aromatic carbocycles. The van der Waals surface area contributed by atoms with Crippen molar-refractivity contribution in [2.24, 2.45) is 0 Å². The molecule has 0 atom stereocenters. The minimum atomic E-state index is -1.70. The van der Waals surface area contributed by atoms with Gasteiger partial charge in [-0.1, -0.05) is 23.2 Å². The molecule has 0 saturated heterocycles. The molecule has 1 amide bonds. The van der Waals surface area contributed by atoms with Crippen LogP contribution in [0.4, 0.5) is 18.9 Å². The van der Waals surface area contributed by atoms with E-state index in [4.69, 9.17) is 23.2 Å². The summed E-state index contributed by atoms with van der Waals surface area (Å²) >= 11 is 11.4. The third-order valence-corrected chi connectivity index (χ3v) is 2.69. The Balaban J connectivity index is 2.33. The molecule has 0 bridgehead atoms. The van der Waals surface area contributed by atoms with Gasteiger partial charge in [0.2, 0.25) is 5.95 Å². The lowest BCUT2D eigenvalue weighted by atomic mass is 10.2. The van der Waals surface area contributed by atoms with Gasteiger partial charge in [0.15, 0.2) is 5.82 Å². The molecule has 1 aromatic heterocycles. The normalized spacial score (nSPS) is 10.4. The van der Waals surface area contributed by atoms with E-state index in [1.54, 1.807) is 0 Å². The zero-order valence-electron chi connectivity index (χ0n) is 9.55. The largest absolute Gasteiger partial charge is 0.322 e. The minimum Gasteiger partial charge on any atom is -0.322 e. The van der Waals surface area contributed by atoms with Crippen molar-refractivity contribution in [3.05, 3.63) is 57.6 Å². The molecule has 3 nitrogen and oxygen atoms in total. The summed E-state index contributed by atoms with van der Waals surface area (Å²) in [6.07, 6.45) is 0. The highest BCUT2D eigenvalue weighted by molar-refractivity contribution is 6.35. The number of benzene rings is 1. The van der Waals surface area contributed by atoms with Gasteiger partial charge in [-0.05, 0) is 18.2 Å². The lowest BCUT2D eigenvalue weighted by Gasteiger charge is -2.07. The molecule has 20 heavy (non-hydrogen) atoms. The summed E-state index contributed by atoms with van der Waals surface area (Å²) in [5.41, 5.74) is -0.657. The van der Waals surface area contributed by atoms with Crippen LogP contribution < -0.4 is 5.32 Å². The molecule has 2 aromatic rings. The lowest BCUT2D eigenvalue weighted by molar-refractivity contribution is 0.102. The average Bonchev–Trinajstić information content (AvgIpc) is 2.32. The maximum Gasteiger partial charge on any atom is 0.258 e. The molecule has 0 saturated carbocycles. The van der Waals surface area contributed by atoms with Crippen molar-refractivity contribution < 1.29 is 18.0 Å². The zero-order valence-corrected chi connectivity index (χ0v) is 11.1. The molecule has 0 unspecified atom stereocenters. The van der Waals surface area contributed by atoms with Crippen LogP contribution in [0.1, 0.15) is 10.4 Å². The van der Waals surface area contributed by atoms with E-state index in [9.17, 15) is 18.0 Å². The number of rotatable bonds is 2. The Morgan fingerprint density at radius 3 is 2.25 bits per heavy atom. The molecule has 1 heterocycles. The number of carbonyl (C=O) groups excluding carboxylic acids is 1. The van der Waals surface area contributed by atoms with Crippen LogP contribution in [-0.2, 0) is 0 Å². The van der Waals surface area contributed by atoms with Crippen LogP contribution in [0, 0.1) is 17.7 Å². The van der Waals surface area contributed by atoms with Gasteiger partial charge < -0.3 is 5.32 Å². The first-order chi connectivity index (χ1) is 9.36. The van der Waals surface area contributed by atoms with Crippen molar-refractivity contribution in [1.82, 2.24) is 4.98 Å². The minimum absolute atomic E-state index is 0.157. The Morgan fingerprint density at radius 2 is 1.65 bits per heavy atom. The smallest absolute Gasteiger partial charge is 0.258 e.